The molecule has 0 aliphatic rings. The van der Waals surface area contributed by atoms with Crippen LogP contribution in [0.2, 0.25) is 5.02 Å². The van der Waals surface area contributed by atoms with E-state index in [1.165, 1.54) is 11.8 Å². The van der Waals surface area contributed by atoms with Crippen LogP contribution in [0.15, 0.2) is 108 Å². The Balaban J connectivity index is 1.47. The van der Waals surface area contributed by atoms with Gasteiger partial charge in [0.2, 0.25) is 5.91 Å². The summed E-state index contributed by atoms with van der Waals surface area (Å²) in [6.07, 6.45) is 0. The first-order chi connectivity index (χ1) is 17.0. The van der Waals surface area contributed by atoms with Crippen LogP contribution in [0.3, 0.4) is 0 Å². The van der Waals surface area contributed by atoms with Gasteiger partial charge < -0.3 is 15.4 Å². The zero-order valence-electron chi connectivity index (χ0n) is 18.9. The second kappa shape index (κ2) is 11.6. The summed E-state index contributed by atoms with van der Waals surface area (Å²) >= 11 is 7.50. The van der Waals surface area contributed by atoms with E-state index in [-0.39, 0.29) is 11.8 Å². The Labute approximate surface area is 213 Å². The molecule has 0 spiro atoms. The van der Waals surface area contributed by atoms with E-state index in [1.54, 1.807) is 55.6 Å². The molecule has 0 saturated carbocycles. The maximum Gasteiger partial charge on any atom is 0.255 e. The van der Waals surface area contributed by atoms with Gasteiger partial charge in [0.1, 0.15) is 11.0 Å². The molecular formula is C28H23ClN2O3S. The minimum Gasteiger partial charge on any atom is -0.497 e. The number of methoxy groups -OCH3 is 1. The lowest BCUT2D eigenvalue weighted by Crippen LogP contribution is -2.19. The molecule has 2 amide bonds. The Morgan fingerprint density at radius 2 is 1.51 bits per heavy atom. The van der Waals surface area contributed by atoms with Crippen LogP contribution in [-0.4, -0.2) is 18.9 Å². The van der Waals surface area contributed by atoms with Crippen molar-refractivity contribution in [2.24, 2.45) is 0 Å². The highest BCUT2D eigenvalue weighted by Crippen LogP contribution is 2.37. The smallest absolute Gasteiger partial charge is 0.255 e. The zero-order chi connectivity index (χ0) is 24.6. The molecule has 0 bridgehead atoms. The van der Waals surface area contributed by atoms with Crippen LogP contribution in [0, 0.1) is 0 Å². The van der Waals surface area contributed by atoms with Crippen LogP contribution < -0.4 is 15.4 Å². The number of nitrogens with one attached hydrogen (secondary N) is 2. The molecule has 2 N–H and O–H groups in total. The van der Waals surface area contributed by atoms with Gasteiger partial charge in [0.15, 0.2) is 0 Å². The van der Waals surface area contributed by atoms with E-state index in [1.807, 2.05) is 54.6 Å². The third kappa shape index (κ3) is 6.66. The number of thioether (sulfide) groups is 1. The lowest BCUT2D eigenvalue weighted by molar-refractivity contribution is -0.115. The fourth-order valence-electron chi connectivity index (χ4n) is 3.37. The van der Waals surface area contributed by atoms with Crippen molar-refractivity contribution in [1.82, 2.24) is 0 Å². The normalized spacial score (nSPS) is 11.4. The summed E-state index contributed by atoms with van der Waals surface area (Å²) in [5.74, 6) is 0.326. The third-order valence-corrected chi connectivity index (χ3v) is 6.65. The van der Waals surface area contributed by atoms with Gasteiger partial charge in [0, 0.05) is 26.9 Å². The van der Waals surface area contributed by atoms with E-state index < -0.39 is 5.25 Å². The van der Waals surface area contributed by atoms with Crippen LogP contribution in [0.25, 0.3) is 0 Å². The van der Waals surface area contributed by atoms with E-state index in [2.05, 4.69) is 10.6 Å². The highest BCUT2D eigenvalue weighted by molar-refractivity contribution is 8.00. The van der Waals surface area contributed by atoms with Gasteiger partial charge >= 0.3 is 0 Å². The van der Waals surface area contributed by atoms with Gasteiger partial charge in [0.25, 0.3) is 5.91 Å². The Kier molecular flexibility index (Phi) is 8.08. The molecule has 0 heterocycles. The SMILES string of the molecule is COc1ccc(C(=O)Nc2ccc(SC(C(=O)Nc3cccc(Cl)c3)c3ccccc3)cc2)cc1. The number of halogens is 1. The second-order valence-corrected chi connectivity index (χ2v) is 9.23. The number of hydrogen-bond acceptors (Lipinski definition) is 4. The average molecular weight is 503 g/mol. The van der Waals surface area contributed by atoms with Crippen LogP contribution in [-0.2, 0) is 4.79 Å². The topological polar surface area (TPSA) is 67.4 Å². The predicted molar refractivity (Wildman–Crippen MR) is 143 cm³/mol. The molecule has 0 radical (unpaired) electrons. The minimum absolute atomic E-state index is 0.152. The van der Waals surface area contributed by atoms with E-state index >= 15 is 0 Å². The van der Waals surface area contributed by atoms with Gasteiger partial charge in [0.05, 0.1) is 7.11 Å². The summed E-state index contributed by atoms with van der Waals surface area (Å²) in [6.45, 7) is 0. The predicted octanol–water partition coefficient (Wildman–Crippen LogP) is 7.07. The molecule has 4 rings (SSSR count). The van der Waals surface area contributed by atoms with Gasteiger partial charge in [-0.3, -0.25) is 9.59 Å². The minimum atomic E-state index is -0.477. The van der Waals surface area contributed by atoms with Crippen molar-refractivity contribution in [3.05, 3.63) is 119 Å². The molecule has 35 heavy (non-hydrogen) atoms. The van der Waals surface area contributed by atoms with Crippen molar-refractivity contribution >= 4 is 46.6 Å². The maximum atomic E-state index is 13.2. The van der Waals surface area contributed by atoms with E-state index in [0.717, 1.165) is 10.5 Å². The number of amides is 2. The Hall–Kier alpha value is -3.74. The lowest BCUT2D eigenvalue weighted by Gasteiger charge is -2.17. The van der Waals surface area contributed by atoms with Crippen molar-refractivity contribution < 1.29 is 14.3 Å². The van der Waals surface area contributed by atoms with E-state index in [0.29, 0.717) is 27.7 Å². The molecule has 1 atom stereocenters. The molecule has 7 heteroatoms. The summed E-state index contributed by atoms with van der Waals surface area (Å²) < 4.78 is 5.13. The summed E-state index contributed by atoms with van der Waals surface area (Å²) in [5.41, 5.74) is 2.72. The number of rotatable bonds is 8. The van der Waals surface area contributed by atoms with Crippen molar-refractivity contribution in [2.45, 2.75) is 10.1 Å². The van der Waals surface area contributed by atoms with Gasteiger partial charge in [-0.05, 0) is 72.3 Å². The third-order valence-electron chi connectivity index (χ3n) is 5.15. The molecule has 0 saturated heterocycles. The van der Waals surface area contributed by atoms with Gasteiger partial charge in [-0.2, -0.15) is 0 Å². The number of carbonyl (C=O) groups excluding carboxylic acids is 2. The molecule has 4 aromatic carbocycles. The number of ether oxygens (including phenoxy) is 1. The van der Waals surface area contributed by atoms with Crippen LogP contribution in [0.5, 0.6) is 5.75 Å². The first kappa shape index (κ1) is 24.4. The largest absolute Gasteiger partial charge is 0.497 e. The first-order valence-electron chi connectivity index (χ1n) is 10.9. The van der Waals surface area contributed by atoms with E-state index in [4.69, 9.17) is 16.3 Å². The maximum absolute atomic E-state index is 13.2. The molecule has 5 nitrogen and oxygen atoms in total. The Morgan fingerprint density at radius 1 is 0.800 bits per heavy atom. The van der Waals surface area contributed by atoms with Gasteiger partial charge in [-0.15, -0.1) is 11.8 Å². The van der Waals surface area contributed by atoms with Crippen molar-refractivity contribution in [3.8, 4) is 5.75 Å². The quantitative estimate of drug-likeness (QED) is 0.253. The monoisotopic (exact) mass is 502 g/mol. The van der Waals surface area contributed by atoms with Crippen LogP contribution in [0.4, 0.5) is 11.4 Å². The molecule has 0 aliphatic carbocycles. The Bertz CT molecular complexity index is 1300. The number of hydrogen-bond donors (Lipinski definition) is 2. The van der Waals surface area contributed by atoms with Crippen molar-refractivity contribution in [3.63, 3.8) is 0 Å². The highest BCUT2D eigenvalue weighted by atomic mass is 35.5. The fourth-order valence-corrected chi connectivity index (χ4v) is 4.59. The molecule has 0 aliphatic heterocycles. The van der Waals surface area contributed by atoms with Gasteiger partial charge in [-0.1, -0.05) is 48.0 Å². The summed E-state index contributed by atoms with van der Waals surface area (Å²) in [6, 6.07) is 31.0. The molecule has 0 fully saturated rings. The molecule has 0 aromatic heterocycles. The fraction of sp³-hybridized carbons (Fsp3) is 0.0714. The summed E-state index contributed by atoms with van der Waals surface area (Å²) in [4.78, 5) is 26.6. The van der Waals surface area contributed by atoms with E-state index in [9.17, 15) is 9.59 Å². The average Bonchev–Trinajstić information content (AvgIpc) is 2.88. The van der Waals surface area contributed by atoms with Crippen LogP contribution in [0.1, 0.15) is 21.2 Å². The number of carbonyl (C=O) groups is 2. The van der Waals surface area contributed by atoms with Crippen LogP contribution >= 0.6 is 23.4 Å². The molecule has 176 valence electrons. The second-order valence-electron chi connectivity index (χ2n) is 7.62. The Morgan fingerprint density at radius 3 is 2.17 bits per heavy atom. The number of benzene rings is 4. The molecular weight excluding hydrogens is 480 g/mol. The summed E-state index contributed by atoms with van der Waals surface area (Å²) in [7, 11) is 1.58. The van der Waals surface area contributed by atoms with Gasteiger partial charge in [-0.25, -0.2) is 0 Å². The molecule has 4 aromatic rings. The van der Waals surface area contributed by atoms with Crippen molar-refractivity contribution in [2.75, 3.05) is 17.7 Å². The molecule has 1 unspecified atom stereocenters. The lowest BCUT2D eigenvalue weighted by atomic mass is 10.1. The first-order valence-corrected chi connectivity index (χ1v) is 12.1. The summed E-state index contributed by atoms with van der Waals surface area (Å²) in [5, 5.41) is 5.92. The standard InChI is InChI=1S/C28H23ClN2O3S/c1-34-24-14-10-20(11-15-24)27(32)30-22-12-16-25(17-13-22)35-26(19-6-3-2-4-7-19)28(33)31-23-9-5-8-21(29)18-23/h2-18,26H,1H3,(H,30,32)(H,31,33). The highest BCUT2D eigenvalue weighted by Gasteiger charge is 2.22. The number of anilines is 2. The zero-order valence-corrected chi connectivity index (χ0v) is 20.5. The van der Waals surface area contributed by atoms with Crippen molar-refractivity contribution in [1.29, 1.82) is 0 Å².